The van der Waals surface area contributed by atoms with Crippen LogP contribution in [0.15, 0.2) is 12.7 Å². The van der Waals surface area contributed by atoms with Crippen LogP contribution in [0.4, 0.5) is 4.79 Å². The monoisotopic (exact) mass is 315 g/mol. The SMILES string of the molecule is C=CCOC[C@@H]1C[C@H](OCOC)CN(C(=O)OC(C)(C)C)C1. The van der Waals surface area contributed by atoms with Crippen LogP contribution in [0.25, 0.3) is 0 Å². The van der Waals surface area contributed by atoms with Gasteiger partial charge in [0.15, 0.2) is 0 Å². The summed E-state index contributed by atoms with van der Waals surface area (Å²) in [6.07, 6.45) is 2.16. The molecular formula is C16H29NO5. The lowest BCUT2D eigenvalue weighted by molar-refractivity contribution is -0.105. The molecule has 0 spiro atoms. The molecule has 1 heterocycles. The molecule has 0 unspecified atom stereocenters. The molecule has 6 heteroatoms. The fraction of sp³-hybridized carbons (Fsp3) is 0.812. The zero-order valence-corrected chi connectivity index (χ0v) is 14.2. The second-order valence-corrected chi connectivity index (χ2v) is 6.51. The van der Waals surface area contributed by atoms with E-state index in [1.54, 1.807) is 18.1 Å². The Balaban J connectivity index is 2.61. The third-order valence-corrected chi connectivity index (χ3v) is 3.16. The lowest BCUT2D eigenvalue weighted by atomic mass is 9.97. The minimum atomic E-state index is -0.508. The first-order valence-corrected chi connectivity index (χ1v) is 7.62. The van der Waals surface area contributed by atoms with E-state index in [1.807, 2.05) is 20.8 Å². The maximum absolute atomic E-state index is 12.3. The molecular weight excluding hydrogens is 286 g/mol. The predicted octanol–water partition coefficient (Wildman–Crippen LogP) is 2.44. The van der Waals surface area contributed by atoms with Crippen molar-refractivity contribution >= 4 is 6.09 Å². The molecule has 0 aromatic heterocycles. The topological polar surface area (TPSA) is 57.2 Å². The fourth-order valence-electron chi connectivity index (χ4n) is 2.35. The fourth-order valence-corrected chi connectivity index (χ4v) is 2.35. The predicted molar refractivity (Wildman–Crippen MR) is 83.7 cm³/mol. The summed E-state index contributed by atoms with van der Waals surface area (Å²) in [6.45, 7) is 11.6. The first-order valence-electron chi connectivity index (χ1n) is 7.62. The van der Waals surface area contributed by atoms with Crippen molar-refractivity contribution in [2.75, 3.05) is 40.2 Å². The van der Waals surface area contributed by atoms with Crippen molar-refractivity contribution < 1.29 is 23.7 Å². The summed E-state index contributed by atoms with van der Waals surface area (Å²) in [7, 11) is 1.58. The van der Waals surface area contributed by atoms with Crippen LogP contribution in [0.2, 0.25) is 0 Å². The minimum Gasteiger partial charge on any atom is -0.444 e. The molecule has 1 saturated heterocycles. The highest BCUT2D eigenvalue weighted by Crippen LogP contribution is 2.22. The summed E-state index contributed by atoms with van der Waals surface area (Å²) in [5, 5.41) is 0. The number of methoxy groups -OCH3 is 1. The van der Waals surface area contributed by atoms with Crippen LogP contribution in [0, 0.1) is 5.92 Å². The molecule has 0 aromatic rings. The van der Waals surface area contributed by atoms with Crippen LogP contribution >= 0.6 is 0 Å². The largest absolute Gasteiger partial charge is 0.444 e. The van der Waals surface area contributed by atoms with Gasteiger partial charge in [-0.05, 0) is 27.2 Å². The molecule has 128 valence electrons. The van der Waals surface area contributed by atoms with Gasteiger partial charge in [-0.1, -0.05) is 6.08 Å². The van der Waals surface area contributed by atoms with E-state index in [-0.39, 0.29) is 24.9 Å². The molecule has 1 fully saturated rings. The first-order chi connectivity index (χ1) is 10.4. The quantitative estimate of drug-likeness (QED) is 0.410. The Morgan fingerprint density at radius 2 is 2.09 bits per heavy atom. The molecule has 2 atom stereocenters. The van der Waals surface area contributed by atoms with E-state index < -0.39 is 5.60 Å². The Hall–Kier alpha value is -1.11. The second kappa shape index (κ2) is 9.12. The highest BCUT2D eigenvalue weighted by atomic mass is 16.7. The van der Waals surface area contributed by atoms with Crippen molar-refractivity contribution in [2.24, 2.45) is 5.92 Å². The standard InChI is InChI=1S/C16H29NO5/c1-6-7-20-11-13-8-14(21-12-19-5)10-17(9-13)15(18)22-16(2,3)4/h6,13-14H,1,7-12H2,2-5H3/t13-,14+/m1/s1. The van der Waals surface area contributed by atoms with Crippen LogP contribution in [-0.4, -0.2) is 62.9 Å². The number of piperidine rings is 1. The van der Waals surface area contributed by atoms with Crippen LogP contribution < -0.4 is 0 Å². The van der Waals surface area contributed by atoms with Crippen molar-refractivity contribution in [3.8, 4) is 0 Å². The van der Waals surface area contributed by atoms with Gasteiger partial charge in [-0.25, -0.2) is 4.79 Å². The smallest absolute Gasteiger partial charge is 0.410 e. The van der Waals surface area contributed by atoms with E-state index in [0.29, 0.717) is 26.3 Å². The maximum atomic E-state index is 12.3. The number of carbonyl (C=O) groups is 1. The van der Waals surface area contributed by atoms with Crippen molar-refractivity contribution in [2.45, 2.75) is 38.9 Å². The van der Waals surface area contributed by atoms with E-state index in [4.69, 9.17) is 18.9 Å². The Kier molecular flexibility index (Phi) is 7.85. The number of hydrogen-bond donors (Lipinski definition) is 0. The molecule has 0 bridgehead atoms. The summed E-state index contributed by atoms with van der Waals surface area (Å²) >= 11 is 0. The van der Waals surface area contributed by atoms with E-state index in [0.717, 1.165) is 6.42 Å². The number of nitrogens with zero attached hydrogens (tertiary/aromatic N) is 1. The van der Waals surface area contributed by atoms with E-state index in [2.05, 4.69) is 6.58 Å². The van der Waals surface area contributed by atoms with Gasteiger partial charge in [-0.2, -0.15) is 0 Å². The Morgan fingerprint density at radius 1 is 1.36 bits per heavy atom. The van der Waals surface area contributed by atoms with Crippen LogP contribution in [0.1, 0.15) is 27.2 Å². The van der Waals surface area contributed by atoms with Gasteiger partial charge in [-0.3, -0.25) is 0 Å². The Morgan fingerprint density at radius 3 is 2.68 bits per heavy atom. The second-order valence-electron chi connectivity index (χ2n) is 6.51. The number of likely N-dealkylation sites (tertiary alicyclic amines) is 1. The van der Waals surface area contributed by atoms with Gasteiger partial charge in [0.25, 0.3) is 0 Å². The first kappa shape index (κ1) is 18.9. The van der Waals surface area contributed by atoms with Crippen LogP contribution in [0.5, 0.6) is 0 Å². The van der Waals surface area contributed by atoms with Crippen LogP contribution in [0.3, 0.4) is 0 Å². The zero-order valence-electron chi connectivity index (χ0n) is 14.2. The van der Waals surface area contributed by atoms with E-state index in [1.165, 1.54) is 0 Å². The van der Waals surface area contributed by atoms with Crippen molar-refractivity contribution in [3.63, 3.8) is 0 Å². The number of amides is 1. The number of rotatable bonds is 7. The molecule has 0 aromatic carbocycles. The van der Waals surface area contributed by atoms with Gasteiger partial charge in [-0.15, -0.1) is 6.58 Å². The number of carbonyl (C=O) groups excluding carboxylic acids is 1. The van der Waals surface area contributed by atoms with Gasteiger partial charge in [0.1, 0.15) is 12.4 Å². The molecule has 1 amide bonds. The van der Waals surface area contributed by atoms with E-state index >= 15 is 0 Å². The van der Waals surface area contributed by atoms with Gasteiger partial charge in [0, 0.05) is 19.6 Å². The lowest BCUT2D eigenvalue weighted by Crippen LogP contribution is -2.49. The van der Waals surface area contributed by atoms with Gasteiger partial charge >= 0.3 is 6.09 Å². The maximum Gasteiger partial charge on any atom is 0.410 e. The third-order valence-electron chi connectivity index (χ3n) is 3.16. The lowest BCUT2D eigenvalue weighted by Gasteiger charge is -2.38. The summed E-state index contributed by atoms with van der Waals surface area (Å²) < 4.78 is 21.6. The summed E-state index contributed by atoms with van der Waals surface area (Å²) in [6, 6.07) is 0. The summed E-state index contributed by atoms with van der Waals surface area (Å²) in [4.78, 5) is 14.0. The molecule has 0 aliphatic carbocycles. The minimum absolute atomic E-state index is 0.0708. The average Bonchev–Trinajstić information content (AvgIpc) is 2.43. The van der Waals surface area contributed by atoms with Gasteiger partial charge in [0.05, 0.1) is 25.9 Å². The van der Waals surface area contributed by atoms with Crippen molar-refractivity contribution in [1.29, 1.82) is 0 Å². The molecule has 1 aliphatic heterocycles. The molecule has 6 nitrogen and oxygen atoms in total. The van der Waals surface area contributed by atoms with Gasteiger partial charge in [0.2, 0.25) is 0 Å². The Bertz CT molecular complexity index is 353. The molecule has 0 saturated carbocycles. The van der Waals surface area contributed by atoms with Crippen molar-refractivity contribution in [1.82, 2.24) is 4.90 Å². The highest BCUT2D eigenvalue weighted by Gasteiger charge is 2.33. The normalized spacial score (nSPS) is 22.5. The zero-order chi connectivity index (χ0) is 16.6. The average molecular weight is 315 g/mol. The highest BCUT2D eigenvalue weighted by molar-refractivity contribution is 5.68. The number of hydrogen-bond acceptors (Lipinski definition) is 5. The molecule has 0 radical (unpaired) electrons. The van der Waals surface area contributed by atoms with Crippen LogP contribution in [-0.2, 0) is 18.9 Å². The van der Waals surface area contributed by atoms with Gasteiger partial charge < -0.3 is 23.8 Å². The summed E-state index contributed by atoms with van der Waals surface area (Å²) in [5.41, 5.74) is -0.508. The third kappa shape index (κ3) is 7.24. The molecule has 1 rings (SSSR count). The van der Waals surface area contributed by atoms with Crippen molar-refractivity contribution in [3.05, 3.63) is 12.7 Å². The molecule has 0 N–H and O–H groups in total. The molecule has 1 aliphatic rings. The summed E-state index contributed by atoms with van der Waals surface area (Å²) in [5.74, 6) is 0.211. The Labute approximate surface area is 133 Å². The van der Waals surface area contributed by atoms with E-state index in [9.17, 15) is 4.79 Å². The number of ether oxygens (including phenoxy) is 4. The molecule has 22 heavy (non-hydrogen) atoms.